The van der Waals surface area contributed by atoms with E-state index in [0.29, 0.717) is 35.3 Å². The van der Waals surface area contributed by atoms with Crippen LogP contribution in [-0.4, -0.2) is 37.3 Å². The maximum atomic E-state index is 14.0. The van der Waals surface area contributed by atoms with E-state index in [0.717, 1.165) is 11.3 Å². The van der Waals surface area contributed by atoms with E-state index < -0.39 is 11.6 Å². The maximum Gasteiger partial charge on any atom is 0.279 e. The highest BCUT2D eigenvalue weighted by molar-refractivity contribution is 5.94. The first-order valence-electron chi connectivity index (χ1n) is 10.1. The Labute approximate surface area is 182 Å². The van der Waals surface area contributed by atoms with Crippen LogP contribution in [0.5, 0.6) is 0 Å². The zero-order valence-electron chi connectivity index (χ0n) is 17.5. The summed E-state index contributed by atoms with van der Waals surface area (Å²) in [7, 11) is 1.82. The van der Waals surface area contributed by atoms with Crippen molar-refractivity contribution in [2.45, 2.75) is 19.9 Å². The lowest BCUT2D eigenvalue weighted by atomic mass is 10.0. The van der Waals surface area contributed by atoms with Crippen LogP contribution >= 0.6 is 0 Å². The first-order chi connectivity index (χ1) is 15.4. The summed E-state index contributed by atoms with van der Waals surface area (Å²) in [5.74, 6) is -0.623. The molecule has 5 rings (SSSR count). The Morgan fingerprint density at radius 1 is 1.16 bits per heavy atom. The lowest BCUT2D eigenvalue weighted by Gasteiger charge is -2.27. The fourth-order valence-electron chi connectivity index (χ4n) is 3.91. The molecule has 32 heavy (non-hydrogen) atoms. The summed E-state index contributed by atoms with van der Waals surface area (Å²) in [6.45, 7) is 2.42. The molecule has 3 heterocycles. The maximum absolute atomic E-state index is 14.0. The molecular weight excluding hydrogens is 416 g/mol. The van der Waals surface area contributed by atoms with Gasteiger partial charge in [-0.05, 0) is 36.8 Å². The van der Waals surface area contributed by atoms with Crippen LogP contribution in [0, 0.1) is 18.6 Å². The highest BCUT2D eigenvalue weighted by Crippen LogP contribution is 2.31. The first-order valence-corrected chi connectivity index (χ1v) is 10.1. The summed E-state index contributed by atoms with van der Waals surface area (Å²) in [4.78, 5) is 19.0. The van der Waals surface area contributed by atoms with Crippen molar-refractivity contribution in [2.24, 2.45) is 7.05 Å². The molecule has 7 nitrogen and oxygen atoms in total. The highest BCUT2D eigenvalue weighted by atomic mass is 19.1. The molecule has 0 unspecified atom stereocenters. The topological polar surface area (TPSA) is 77.1 Å². The number of aromatic nitrogens is 4. The van der Waals surface area contributed by atoms with Gasteiger partial charge >= 0.3 is 0 Å². The molecule has 0 spiro atoms. The Balaban J connectivity index is 1.46. The zero-order valence-corrected chi connectivity index (χ0v) is 17.5. The van der Waals surface area contributed by atoms with Crippen LogP contribution in [0.1, 0.15) is 27.2 Å². The molecular formula is C23H19F2N5O2. The second kappa shape index (κ2) is 7.67. The van der Waals surface area contributed by atoms with Gasteiger partial charge in [-0.3, -0.25) is 9.48 Å². The van der Waals surface area contributed by atoms with Crippen molar-refractivity contribution in [1.29, 1.82) is 0 Å². The number of halogens is 2. The van der Waals surface area contributed by atoms with Gasteiger partial charge in [-0.25, -0.2) is 8.78 Å². The molecule has 1 aliphatic heterocycles. The van der Waals surface area contributed by atoms with E-state index in [1.54, 1.807) is 40.8 Å². The Bertz CT molecular complexity index is 1340. The van der Waals surface area contributed by atoms with Crippen LogP contribution in [0.25, 0.3) is 23.0 Å². The molecule has 0 saturated heterocycles. The Morgan fingerprint density at radius 2 is 2.00 bits per heavy atom. The van der Waals surface area contributed by atoms with Crippen LogP contribution in [0.4, 0.5) is 8.78 Å². The molecule has 0 N–H and O–H groups in total. The van der Waals surface area contributed by atoms with Gasteiger partial charge in [0, 0.05) is 42.4 Å². The minimum absolute atomic E-state index is 0.191. The third-order valence-electron chi connectivity index (χ3n) is 5.66. The van der Waals surface area contributed by atoms with Crippen LogP contribution in [0.3, 0.4) is 0 Å². The van der Waals surface area contributed by atoms with Gasteiger partial charge < -0.3 is 9.42 Å². The van der Waals surface area contributed by atoms with E-state index in [9.17, 15) is 13.6 Å². The van der Waals surface area contributed by atoms with Gasteiger partial charge in [0.15, 0.2) is 5.69 Å². The third-order valence-corrected chi connectivity index (χ3v) is 5.66. The van der Waals surface area contributed by atoms with Crippen molar-refractivity contribution in [3.05, 3.63) is 76.5 Å². The molecule has 0 fully saturated rings. The number of carbonyl (C=O) groups is 1. The van der Waals surface area contributed by atoms with Gasteiger partial charge in [0.25, 0.3) is 11.8 Å². The lowest BCUT2D eigenvalue weighted by molar-refractivity contribution is 0.0733. The zero-order chi connectivity index (χ0) is 22.4. The van der Waals surface area contributed by atoms with E-state index in [1.807, 2.05) is 7.05 Å². The molecule has 162 valence electrons. The van der Waals surface area contributed by atoms with Gasteiger partial charge in [0.2, 0.25) is 5.82 Å². The predicted octanol–water partition coefficient (Wildman–Crippen LogP) is 3.92. The molecule has 0 atom stereocenters. The van der Waals surface area contributed by atoms with Gasteiger partial charge in [-0.2, -0.15) is 10.1 Å². The Morgan fingerprint density at radius 3 is 2.78 bits per heavy atom. The van der Waals surface area contributed by atoms with E-state index in [-0.39, 0.29) is 24.2 Å². The molecule has 1 amide bonds. The molecule has 0 radical (unpaired) electrons. The average Bonchev–Trinajstić information content (AvgIpc) is 3.40. The normalized spacial score (nSPS) is 13.3. The minimum Gasteiger partial charge on any atom is -0.334 e. The van der Waals surface area contributed by atoms with Gasteiger partial charge in [0.05, 0.1) is 6.54 Å². The van der Waals surface area contributed by atoms with Crippen LogP contribution < -0.4 is 0 Å². The summed E-state index contributed by atoms with van der Waals surface area (Å²) >= 11 is 0. The summed E-state index contributed by atoms with van der Waals surface area (Å²) in [6, 6.07) is 10.4. The second-order valence-corrected chi connectivity index (χ2v) is 7.77. The number of amides is 1. The van der Waals surface area contributed by atoms with E-state index >= 15 is 0 Å². The number of carbonyl (C=O) groups excluding carboxylic acids is 1. The minimum atomic E-state index is -0.411. The van der Waals surface area contributed by atoms with Crippen molar-refractivity contribution in [1.82, 2.24) is 24.8 Å². The third kappa shape index (κ3) is 3.45. The molecule has 0 aliphatic carbocycles. The molecule has 0 bridgehead atoms. The van der Waals surface area contributed by atoms with E-state index in [1.165, 1.54) is 18.2 Å². The molecule has 2 aromatic carbocycles. The monoisotopic (exact) mass is 435 g/mol. The quantitative estimate of drug-likeness (QED) is 0.488. The van der Waals surface area contributed by atoms with E-state index in [4.69, 9.17) is 4.52 Å². The second-order valence-electron chi connectivity index (χ2n) is 7.77. The molecule has 9 heteroatoms. The first kappa shape index (κ1) is 20.0. The summed E-state index contributed by atoms with van der Waals surface area (Å²) < 4.78 is 34.7. The van der Waals surface area contributed by atoms with Gasteiger partial charge in [0.1, 0.15) is 11.6 Å². The highest BCUT2D eigenvalue weighted by Gasteiger charge is 2.30. The standard InChI is InChI=1S/C23H19F2N5O2/c1-13-6-7-15(11-18(13)25)23(31)30-9-8-19-17(12-30)20(27-29(19)2)22-26-21(28-32-22)14-4-3-5-16(24)10-14/h3-7,10-11H,8-9,12H2,1-2H3. The fourth-order valence-corrected chi connectivity index (χ4v) is 3.91. The van der Waals surface area contributed by atoms with Crippen molar-refractivity contribution in [3.63, 3.8) is 0 Å². The molecule has 0 saturated carbocycles. The van der Waals surface area contributed by atoms with Crippen molar-refractivity contribution in [2.75, 3.05) is 6.54 Å². The number of benzene rings is 2. The summed E-state index contributed by atoms with van der Waals surface area (Å²) in [5, 5.41) is 8.49. The number of hydrogen-bond donors (Lipinski definition) is 0. The van der Waals surface area contributed by atoms with E-state index in [2.05, 4.69) is 15.2 Å². The lowest BCUT2D eigenvalue weighted by Crippen LogP contribution is -2.36. The Kier molecular flexibility index (Phi) is 4.80. The van der Waals surface area contributed by atoms with Crippen LogP contribution in [0.15, 0.2) is 47.0 Å². The average molecular weight is 435 g/mol. The largest absolute Gasteiger partial charge is 0.334 e. The number of nitrogens with zero attached hydrogens (tertiary/aromatic N) is 5. The van der Waals surface area contributed by atoms with Crippen LogP contribution in [-0.2, 0) is 20.0 Å². The number of fused-ring (bicyclic) bond motifs is 1. The van der Waals surface area contributed by atoms with Gasteiger partial charge in [-0.15, -0.1) is 0 Å². The number of hydrogen-bond acceptors (Lipinski definition) is 5. The smallest absolute Gasteiger partial charge is 0.279 e. The SMILES string of the molecule is Cc1ccc(C(=O)N2CCc3c(c(-c4nc(-c5cccc(F)c5)no4)nn3C)C2)cc1F. The predicted molar refractivity (Wildman–Crippen MR) is 111 cm³/mol. The van der Waals surface area contributed by atoms with Crippen LogP contribution in [0.2, 0.25) is 0 Å². The molecule has 2 aromatic heterocycles. The van der Waals surface area contributed by atoms with Crippen molar-refractivity contribution < 1.29 is 18.1 Å². The van der Waals surface area contributed by atoms with Crippen molar-refractivity contribution in [3.8, 4) is 23.0 Å². The molecule has 4 aromatic rings. The number of aryl methyl sites for hydroxylation is 2. The summed E-state index contributed by atoms with van der Waals surface area (Å²) in [5.41, 5.74) is 3.52. The van der Waals surface area contributed by atoms with Gasteiger partial charge in [-0.1, -0.05) is 23.4 Å². The fraction of sp³-hybridized carbons (Fsp3) is 0.217. The molecule has 1 aliphatic rings. The number of rotatable bonds is 3. The van der Waals surface area contributed by atoms with Crippen molar-refractivity contribution >= 4 is 5.91 Å². The Hall–Kier alpha value is -3.88. The summed E-state index contributed by atoms with van der Waals surface area (Å²) in [6.07, 6.45) is 0.587.